The minimum absolute atomic E-state index is 0.0759. The number of benzene rings is 2. The highest BCUT2D eigenvalue weighted by atomic mass is 32.1. The fourth-order valence-electron chi connectivity index (χ4n) is 3.15. The van der Waals surface area contributed by atoms with Crippen molar-refractivity contribution >= 4 is 45.3 Å². The summed E-state index contributed by atoms with van der Waals surface area (Å²) in [6, 6.07) is 17.8. The highest BCUT2D eigenvalue weighted by Crippen LogP contribution is 2.26. The van der Waals surface area contributed by atoms with Crippen molar-refractivity contribution in [2.75, 3.05) is 5.32 Å². The number of anilines is 1. The van der Waals surface area contributed by atoms with Gasteiger partial charge < -0.3 is 5.32 Å². The first-order valence-electron chi connectivity index (χ1n) is 9.05. The minimum atomic E-state index is -0.0759. The van der Waals surface area contributed by atoms with Crippen molar-refractivity contribution in [3.8, 4) is 16.3 Å². The Kier molecular flexibility index (Phi) is 4.67. The van der Waals surface area contributed by atoms with E-state index < -0.39 is 0 Å². The molecule has 0 aliphatic carbocycles. The summed E-state index contributed by atoms with van der Waals surface area (Å²) < 4.78 is 2.03. The molecule has 142 valence electrons. The van der Waals surface area contributed by atoms with Crippen molar-refractivity contribution in [1.82, 2.24) is 14.5 Å². The van der Waals surface area contributed by atoms with Crippen molar-refractivity contribution < 1.29 is 4.79 Å². The molecule has 5 aromatic rings. The zero-order valence-electron chi connectivity index (χ0n) is 15.3. The second-order valence-electron chi connectivity index (χ2n) is 6.53. The molecular formula is C22H16N4OS2. The molecule has 0 unspecified atom stereocenters. The Bertz CT molecular complexity index is 1270. The van der Waals surface area contributed by atoms with Crippen LogP contribution in [-0.2, 0) is 11.2 Å². The van der Waals surface area contributed by atoms with Crippen LogP contribution in [0.5, 0.6) is 0 Å². The average Bonchev–Trinajstić information content (AvgIpc) is 3.49. The lowest BCUT2D eigenvalue weighted by atomic mass is 10.2. The molecule has 29 heavy (non-hydrogen) atoms. The number of amides is 1. The van der Waals surface area contributed by atoms with Crippen molar-refractivity contribution in [3.63, 3.8) is 0 Å². The van der Waals surface area contributed by atoms with E-state index >= 15 is 0 Å². The number of carbonyl (C=O) groups is 1. The summed E-state index contributed by atoms with van der Waals surface area (Å²) in [6.07, 6.45) is 2.07. The van der Waals surface area contributed by atoms with Crippen molar-refractivity contribution in [1.29, 1.82) is 0 Å². The van der Waals surface area contributed by atoms with Crippen LogP contribution < -0.4 is 5.32 Å². The van der Waals surface area contributed by atoms with Crippen molar-refractivity contribution in [3.05, 3.63) is 82.8 Å². The molecule has 3 aromatic heterocycles. The van der Waals surface area contributed by atoms with E-state index in [4.69, 9.17) is 0 Å². The Morgan fingerprint density at radius 3 is 2.72 bits per heavy atom. The zero-order valence-corrected chi connectivity index (χ0v) is 16.9. The predicted molar refractivity (Wildman–Crippen MR) is 119 cm³/mol. The van der Waals surface area contributed by atoms with Crippen LogP contribution in [0.1, 0.15) is 5.69 Å². The van der Waals surface area contributed by atoms with Crippen molar-refractivity contribution in [2.24, 2.45) is 0 Å². The molecule has 0 saturated heterocycles. The summed E-state index contributed by atoms with van der Waals surface area (Å²) in [4.78, 5) is 21.4. The number of para-hydroxylation sites is 2. The third kappa shape index (κ3) is 3.70. The maximum Gasteiger partial charge on any atom is 0.230 e. The van der Waals surface area contributed by atoms with E-state index in [0.717, 1.165) is 38.7 Å². The fourth-order valence-corrected chi connectivity index (χ4v) is 4.68. The molecule has 3 heterocycles. The first-order valence-corrected chi connectivity index (χ1v) is 10.9. The quantitative estimate of drug-likeness (QED) is 0.418. The summed E-state index contributed by atoms with van der Waals surface area (Å²) >= 11 is 3.21. The van der Waals surface area contributed by atoms with E-state index in [1.165, 1.54) is 0 Å². The number of nitrogens with one attached hydrogen (secondary N) is 1. The molecule has 5 rings (SSSR count). The Morgan fingerprint density at radius 1 is 1.03 bits per heavy atom. The van der Waals surface area contributed by atoms with E-state index in [1.807, 2.05) is 76.3 Å². The Labute approximate surface area is 175 Å². The van der Waals surface area contributed by atoms with Gasteiger partial charge >= 0.3 is 0 Å². The number of thiophene rings is 1. The number of nitrogens with zero attached hydrogens (tertiary/aromatic N) is 3. The topological polar surface area (TPSA) is 59.8 Å². The zero-order chi connectivity index (χ0) is 19.6. The molecule has 0 aliphatic rings. The van der Waals surface area contributed by atoms with Gasteiger partial charge in [-0.05, 0) is 47.8 Å². The highest BCUT2D eigenvalue weighted by Gasteiger charge is 2.10. The molecule has 1 amide bonds. The normalized spacial score (nSPS) is 11.0. The summed E-state index contributed by atoms with van der Waals surface area (Å²) in [5.74, 6) is -0.0759. The molecule has 0 fully saturated rings. The summed E-state index contributed by atoms with van der Waals surface area (Å²) in [5.41, 5.74) is 5.65. The highest BCUT2D eigenvalue weighted by molar-refractivity contribution is 7.14. The largest absolute Gasteiger partial charge is 0.326 e. The number of carbonyl (C=O) groups excluding carboxylic acids is 1. The Hall–Kier alpha value is -3.29. The second kappa shape index (κ2) is 7.62. The van der Waals surface area contributed by atoms with Gasteiger partial charge in [0.1, 0.15) is 11.3 Å². The number of hydrogen-bond donors (Lipinski definition) is 1. The average molecular weight is 417 g/mol. The van der Waals surface area contributed by atoms with Gasteiger partial charge in [0.15, 0.2) is 0 Å². The molecule has 0 spiro atoms. The van der Waals surface area contributed by atoms with Crippen LogP contribution in [-0.4, -0.2) is 20.4 Å². The number of rotatable bonds is 5. The number of hydrogen-bond acceptors (Lipinski definition) is 5. The molecule has 5 nitrogen and oxygen atoms in total. The molecule has 0 bridgehead atoms. The van der Waals surface area contributed by atoms with E-state index in [1.54, 1.807) is 22.7 Å². The van der Waals surface area contributed by atoms with Crippen LogP contribution in [0.15, 0.2) is 77.1 Å². The maximum absolute atomic E-state index is 12.4. The smallest absolute Gasteiger partial charge is 0.230 e. The van der Waals surface area contributed by atoms with Gasteiger partial charge in [0.2, 0.25) is 5.91 Å². The van der Waals surface area contributed by atoms with Gasteiger partial charge in [-0.15, -0.1) is 11.3 Å². The van der Waals surface area contributed by atoms with Crippen LogP contribution in [0, 0.1) is 0 Å². The lowest BCUT2D eigenvalue weighted by Crippen LogP contribution is -2.14. The van der Waals surface area contributed by atoms with Gasteiger partial charge in [0, 0.05) is 27.7 Å². The SMILES string of the molecule is O=C(Cc1csc(-c2ccsc2)n1)Nc1ccc(-n2cnc3ccccc32)cc1. The molecule has 0 atom stereocenters. The first-order chi connectivity index (χ1) is 14.3. The summed E-state index contributed by atoms with van der Waals surface area (Å²) in [6.45, 7) is 0. The van der Waals surface area contributed by atoms with E-state index in [-0.39, 0.29) is 12.3 Å². The van der Waals surface area contributed by atoms with Crippen LogP contribution in [0.25, 0.3) is 27.3 Å². The summed E-state index contributed by atoms with van der Waals surface area (Å²) in [5, 5.41) is 9.93. The third-order valence-electron chi connectivity index (χ3n) is 4.54. The van der Waals surface area contributed by atoms with Gasteiger partial charge in [0.05, 0.1) is 23.1 Å². The first kappa shape index (κ1) is 17.8. The van der Waals surface area contributed by atoms with Gasteiger partial charge in [-0.2, -0.15) is 11.3 Å². The lowest BCUT2D eigenvalue weighted by molar-refractivity contribution is -0.115. The standard InChI is InChI=1S/C22H16N4OS2/c27-21(11-17-13-29-22(25-17)15-9-10-28-12-15)24-16-5-7-18(8-6-16)26-14-23-19-3-1-2-4-20(19)26/h1-10,12-14H,11H2,(H,24,27). The third-order valence-corrected chi connectivity index (χ3v) is 6.17. The van der Waals surface area contributed by atoms with E-state index in [2.05, 4.69) is 20.7 Å². The number of fused-ring (bicyclic) bond motifs is 1. The second-order valence-corrected chi connectivity index (χ2v) is 8.17. The number of thiazole rings is 1. The van der Waals surface area contributed by atoms with Crippen LogP contribution in [0.4, 0.5) is 5.69 Å². The lowest BCUT2D eigenvalue weighted by Gasteiger charge is -2.07. The van der Waals surface area contributed by atoms with Gasteiger partial charge in [-0.25, -0.2) is 9.97 Å². The molecular weight excluding hydrogens is 400 g/mol. The Morgan fingerprint density at radius 2 is 1.90 bits per heavy atom. The molecule has 7 heteroatoms. The molecule has 2 aromatic carbocycles. The fraction of sp³-hybridized carbons (Fsp3) is 0.0455. The number of aromatic nitrogens is 3. The minimum Gasteiger partial charge on any atom is -0.326 e. The van der Waals surface area contributed by atoms with Crippen molar-refractivity contribution in [2.45, 2.75) is 6.42 Å². The van der Waals surface area contributed by atoms with Crippen LogP contribution in [0.2, 0.25) is 0 Å². The molecule has 0 saturated carbocycles. The van der Waals surface area contributed by atoms with Crippen LogP contribution in [0.3, 0.4) is 0 Å². The molecule has 0 radical (unpaired) electrons. The van der Waals surface area contributed by atoms with E-state index in [0.29, 0.717) is 0 Å². The monoisotopic (exact) mass is 416 g/mol. The summed E-state index contributed by atoms with van der Waals surface area (Å²) in [7, 11) is 0. The predicted octanol–water partition coefficient (Wildman–Crippen LogP) is 5.39. The van der Waals surface area contributed by atoms with Gasteiger partial charge in [0.25, 0.3) is 0 Å². The Balaban J connectivity index is 1.27. The maximum atomic E-state index is 12.4. The van der Waals surface area contributed by atoms with E-state index in [9.17, 15) is 4.79 Å². The number of imidazole rings is 1. The molecule has 1 N–H and O–H groups in total. The van der Waals surface area contributed by atoms with Gasteiger partial charge in [-0.3, -0.25) is 9.36 Å². The molecule has 0 aliphatic heterocycles. The van der Waals surface area contributed by atoms with Crippen LogP contribution >= 0.6 is 22.7 Å². The van der Waals surface area contributed by atoms with Gasteiger partial charge in [-0.1, -0.05) is 12.1 Å².